The van der Waals surface area contributed by atoms with Crippen LogP contribution in [-0.2, 0) is 0 Å². The van der Waals surface area contributed by atoms with Crippen LogP contribution in [0, 0.1) is 10.8 Å². The standard InChI is InChI=1S/C14H28N2/c1-9-10-11(13(2,3)4)12(16(8)15)14(5,6)7/h9-10H,15H2,1-8H3/b10-9-,12-11+. The maximum atomic E-state index is 5.99. The van der Waals surface area contributed by atoms with E-state index < -0.39 is 0 Å². The second-order valence-electron chi connectivity index (χ2n) is 6.37. The molecule has 0 aromatic carbocycles. The molecule has 0 aliphatic heterocycles. The number of nitrogens with two attached hydrogens (primary N) is 1. The van der Waals surface area contributed by atoms with Gasteiger partial charge in [0.15, 0.2) is 0 Å². The van der Waals surface area contributed by atoms with Crippen LogP contribution >= 0.6 is 0 Å². The van der Waals surface area contributed by atoms with Gasteiger partial charge in [-0.1, -0.05) is 53.7 Å². The van der Waals surface area contributed by atoms with Crippen molar-refractivity contribution in [3.8, 4) is 0 Å². The Morgan fingerprint density at radius 2 is 1.44 bits per heavy atom. The number of rotatable bonds is 2. The Morgan fingerprint density at radius 3 is 1.62 bits per heavy atom. The van der Waals surface area contributed by atoms with Crippen molar-refractivity contribution in [2.75, 3.05) is 7.05 Å². The van der Waals surface area contributed by atoms with Gasteiger partial charge in [-0.2, -0.15) is 0 Å². The Labute approximate surface area is 101 Å². The van der Waals surface area contributed by atoms with Crippen molar-refractivity contribution < 1.29 is 0 Å². The van der Waals surface area contributed by atoms with Crippen molar-refractivity contribution in [2.45, 2.75) is 48.5 Å². The molecular formula is C14H28N2. The molecule has 2 N–H and O–H groups in total. The molecule has 0 atom stereocenters. The summed E-state index contributed by atoms with van der Waals surface area (Å²) in [6, 6.07) is 0. The summed E-state index contributed by atoms with van der Waals surface area (Å²) in [5.74, 6) is 5.99. The average Bonchev–Trinajstić information content (AvgIpc) is 1.98. The number of hydrogen-bond acceptors (Lipinski definition) is 2. The van der Waals surface area contributed by atoms with Crippen LogP contribution < -0.4 is 5.84 Å². The van der Waals surface area contributed by atoms with Crippen LogP contribution in [0.3, 0.4) is 0 Å². The molecule has 16 heavy (non-hydrogen) atoms. The smallest absolute Gasteiger partial charge is 0.0378 e. The molecule has 0 aromatic rings. The zero-order chi connectivity index (χ0) is 13.1. The second kappa shape index (κ2) is 5.05. The highest BCUT2D eigenvalue weighted by Gasteiger charge is 2.28. The summed E-state index contributed by atoms with van der Waals surface area (Å²) >= 11 is 0. The third-order valence-electron chi connectivity index (χ3n) is 2.46. The monoisotopic (exact) mass is 224 g/mol. The first-order chi connectivity index (χ1) is 7.01. The maximum absolute atomic E-state index is 5.99. The molecule has 0 spiro atoms. The van der Waals surface area contributed by atoms with Crippen LogP contribution in [0.15, 0.2) is 23.4 Å². The van der Waals surface area contributed by atoms with E-state index in [1.54, 1.807) is 5.01 Å². The van der Waals surface area contributed by atoms with Crippen LogP contribution in [-0.4, -0.2) is 12.1 Å². The van der Waals surface area contributed by atoms with Gasteiger partial charge >= 0.3 is 0 Å². The molecule has 0 radical (unpaired) electrons. The summed E-state index contributed by atoms with van der Waals surface area (Å²) in [4.78, 5) is 0. The fourth-order valence-electron chi connectivity index (χ4n) is 1.97. The summed E-state index contributed by atoms with van der Waals surface area (Å²) in [5, 5.41) is 1.75. The molecule has 0 aliphatic rings. The molecule has 0 aliphatic carbocycles. The summed E-state index contributed by atoms with van der Waals surface area (Å²) in [6.45, 7) is 15.3. The van der Waals surface area contributed by atoms with Crippen molar-refractivity contribution in [1.82, 2.24) is 5.01 Å². The summed E-state index contributed by atoms with van der Waals surface area (Å²) in [7, 11) is 1.91. The predicted molar refractivity (Wildman–Crippen MR) is 72.7 cm³/mol. The van der Waals surface area contributed by atoms with Gasteiger partial charge in [-0.05, 0) is 17.9 Å². The van der Waals surface area contributed by atoms with Gasteiger partial charge < -0.3 is 5.01 Å². The molecule has 0 saturated heterocycles. The van der Waals surface area contributed by atoms with Gasteiger partial charge in [0, 0.05) is 18.2 Å². The van der Waals surface area contributed by atoms with Crippen molar-refractivity contribution in [3.05, 3.63) is 23.4 Å². The minimum Gasteiger partial charge on any atom is -0.317 e. The highest BCUT2D eigenvalue weighted by molar-refractivity contribution is 5.32. The average molecular weight is 224 g/mol. The molecule has 0 aromatic heterocycles. The van der Waals surface area contributed by atoms with Gasteiger partial charge in [0.1, 0.15) is 0 Å². The molecule has 0 heterocycles. The van der Waals surface area contributed by atoms with Gasteiger partial charge in [-0.15, -0.1) is 0 Å². The Bertz CT molecular complexity index is 283. The fourth-order valence-corrected chi connectivity index (χ4v) is 1.97. The van der Waals surface area contributed by atoms with Gasteiger partial charge in [-0.3, -0.25) is 0 Å². The fraction of sp³-hybridized carbons (Fsp3) is 0.714. The molecular weight excluding hydrogens is 196 g/mol. The summed E-state index contributed by atoms with van der Waals surface area (Å²) in [5.41, 5.74) is 2.64. The molecule has 2 heteroatoms. The highest BCUT2D eigenvalue weighted by Crippen LogP contribution is 2.37. The molecule has 0 fully saturated rings. The predicted octanol–water partition coefficient (Wildman–Crippen LogP) is 3.71. The van der Waals surface area contributed by atoms with Crippen molar-refractivity contribution >= 4 is 0 Å². The van der Waals surface area contributed by atoms with Gasteiger partial charge in [0.05, 0.1) is 0 Å². The molecule has 0 saturated carbocycles. The topological polar surface area (TPSA) is 29.3 Å². The van der Waals surface area contributed by atoms with E-state index in [1.807, 2.05) is 14.0 Å². The molecule has 0 rings (SSSR count). The largest absolute Gasteiger partial charge is 0.317 e. The van der Waals surface area contributed by atoms with Gasteiger partial charge in [0.25, 0.3) is 0 Å². The molecule has 0 bridgehead atoms. The SMILES string of the molecule is C/C=C\C(=C(/N(C)N)C(C)(C)C)C(C)(C)C. The Kier molecular flexibility index (Phi) is 4.81. The van der Waals surface area contributed by atoms with E-state index in [2.05, 4.69) is 53.7 Å². The van der Waals surface area contributed by atoms with Crippen LogP contribution in [0.25, 0.3) is 0 Å². The van der Waals surface area contributed by atoms with Crippen molar-refractivity contribution in [1.29, 1.82) is 0 Å². The normalized spacial score (nSPS) is 15.3. The minimum absolute atomic E-state index is 0.0472. The lowest BCUT2D eigenvalue weighted by molar-refractivity contribution is 0.300. The molecule has 2 nitrogen and oxygen atoms in total. The van der Waals surface area contributed by atoms with E-state index in [0.717, 1.165) is 0 Å². The van der Waals surface area contributed by atoms with E-state index >= 15 is 0 Å². The van der Waals surface area contributed by atoms with Gasteiger partial charge in [-0.25, -0.2) is 5.84 Å². The third kappa shape index (κ3) is 4.01. The summed E-state index contributed by atoms with van der Waals surface area (Å²) in [6.07, 6.45) is 4.25. The first-order valence-electron chi connectivity index (χ1n) is 5.88. The molecule has 0 amide bonds. The Morgan fingerprint density at radius 1 is 1.00 bits per heavy atom. The minimum atomic E-state index is 0.0472. The molecule has 94 valence electrons. The van der Waals surface area contributed by atoms with Crippen LogP contribution in [0.4, 0.5) is 0 Å². The van der Waals surface area contributed by atoms with E-state index in [-0.39, 0.29) is 10.8 Å². The van der Waals surface area contributed by atoms with E-state index in [0.29, 0.717) is 0 Å². The maximum Gasteiger partial charge on any atom is 0.0378 e. The third-order valence-corrected chi connectivity index (χ3v) is 2.46. The highest BCUT2D eigenvalue weighted by atomic mass is 15.4. The van der Waals surface area contributed by atoms with E-state index in [9.17, 15) is 0 Å². The number of hydrogen-bond donors (Lipinski definition) is 1. The van der Waals surface area contributed by atoms with Crippen molar-refractivity contribution in [3.63, 3.8) is 0 Å². The van der Waals surface area contributed by atoms with E-state index in [4.69, 9.17) is 5.84 Å². The first-order valence-corrected chi connectivity index (χ1v) is 5.88. The van der Waals surface area contributed by atoms with Gasteiger partial charge in [0.2, 0.25) is 0 Å². The zero-order valence-electron chi connectivity index (χ0n) is 12.2. The number of hydrazine groups is 1. The lowest BCUT2D eigenvalue weighted by Crippen LogP contribution is -2.35. The first kappa shape index (κ1) is 15.2. The quantitative estimate of drug-likeness (QED) is 0.440. The van der Waals surface area contributed by atoms with Crippen LogP contribution in [0.1, 0.15) is 48.5 Å². The summed E-state index contributed by atoms with van der Waals surface area (Å²) < 4.78 is 0. The van der Waals surface area contributed by atoms with Crippen molar-refractivity contribution in [2.24, 2.45) is 16.7 Å². The number of allylic oxidation sites excluding steroid dienone is 4. The van der Waals surface area contributed by atoms with E-state index in [1.165, 1.54) is 11.3 Å². The van der Waals surface area contributed by atoms with Crippen LogP contribution in [0.5, 0.6) is 0 Å². The lowest BCUT2D eigenvalue weighted by Gasteiger charge is -2.35. The Balaban J connectivity index is 5.86. The lowest BCUT2D eigenvalue weighted by atomic mass is 9.78. The van der Waals surface area contributed by atoms with Crippen LogP contribution in [0.2, 0.25) is 0 Å². The molecule has 0 unspecified atom stereocenters. The Hall–Kier alpha value is -0.760. The second-order valence-corrected chi connectivity index (χ2v) is 6.37. The zero-order valence-corrected chi connectivity index (χ0v) is 12.2. The number of nitrogens with zero attached hydrogens (tertiary/aromatic N) is 1.